The fourth-order valence-corrected chi connectivity index (χ4v) is 2.43. The normalized spacial score (nSPS) is 16.8. The van der Waals surface area contributed by atoms with Crippen molar-refractivity contribution >= 4 is 18.3 Å². The third-order valence-electron chi connectivity index (χ3n) is 3.53. The van der Waals surface area contributed by atoms with E-state index in [4.69, 9.17) is 0 Å². The number of halogens is 1. The summed E-state index contributed by atoms with van der Waals surface area (Å²) < 4.78 is 0. The van der Waals surface area contributed by atoms with E-state index in [1.165, 1.54) is 6.42 Å². The van der Waals surface area contributed by atoms with Gasteiger partial charge in [0.05, 0.1) is 0 Å². The molecule has 3 nitrogen and oxygen atoms in total. The summed E-state index contributed by atoms with van der Waals surface area (Å²) in [5.41, 5.74) is -0.000490. The van der Waals surface area contributed by atoms with Gasteiger partial charge in [-0.2, -0.15) is 0 Å². The van der Waals surface area contributed by atoms with Crippen LogP contribution in [0.25, 0.3) is 0 Å². The van der Waals surface area contributed by atoms with Gasteiger partial charge in [0.1, 0.15) is 0 Å². The highest BCUT2D eigenvalue weighted by atomic mass is 35.5. The molecule has 1 saturated carbocycles. The second-order valence-corrected chi connectivity index (χ2v) is 4.89. The smallest absolute Gasteiger partial charge is 0.226 e. The van der Waals surface area contributed by atoms with E-state index in [1.54, 1.807) is 0 Å². The summed E-state index contributed by atoms with van der Waals surface area (Å²) in [6, 6.07) is 0. The topological polar surface area (TPSA) is 41.1 Å². The molecule has 0 spiro atoms. The molecule has 0 aromatic carbocycles. The van der Waals surface area contributed by atoms with Gasteiger partial charge in [0.25, 0.3) is 0 Å². The Morgan fingerprint density at radius 3 is 2.29 bits per heavy atom. The highest BCUT2D eigenvalue weighted by molar-refractivity contribution is 5.85. The summed E-state index contributed by atoms with van der Waals surface area (Å²) in [7, 11) is 0. The molecule has 0 heterocycles. The molecule has 1 aliphatic rings. The van der Waals surface area contributed by atoms with Gasteiger partial charge in [-0.3, -0.25) is 4.79 Å². The zero-order chi connectivity index (χ0) is 11.9. The van der Waals surface area contributed by atoms with E-state index in [0.717, 1.165) is 51.7 Å². The van der Waals surface area contributed by atoms with E-state index in [-0.39, 0.29) is 17.8 Å². The summed E-state index contributed by atoms with van der Waals surface area (Å²) >= 11 is 0. The van der Waals surface area contributed by atoms with Gasteiger partial charge < -0.3 is 10.6 Å². The van der Waals surface area contributed by atoms with Crippen LogP contribution in [-0.4, -0.2) is 25.5 Å². The summed E-state index contributed by atoms with van der Waals surface area (Å²) in [6.07, 6.45) is 6.72. The third-order valence-corrected chi connectivity index (χ3v) is 3.53. The van der Waals surface area contributed by atoms with E-state index >= 15 is 0 Å². The Labute approximate surface area is 112 Å². The number of amides is 1. The lowest BCUT2D eigenvalue weighted by atomic mass is 9.65. The van der Waals surface area contributed by atoms with Crippen LogP contribution in [0, 0.1) is 5.41 Å². The predicted molar refractivity (Wildman–Crippen MR) is 74.6 cm³/mol. The molecule has 0 saturated heterocycles. The van der Waals surface area contributed by atoms with Crippen molar-refractivity contribution in [1.29, 1.82) is 0 Å². The number of carbonyl (C=O) groups is 1. The van der Waals surface area contributed by atoms with Crippen molar-refractivity contribution in [2.75, 3.05) is 19.6 Å². The van der Waals surface area contributed by atoms with Crippen molar-refractivity contribution in [2.24, 2.45) is 5.41 Å². The van der Waals surface area contributed by atoms with Gasteiger partial charge in [0.2, 0.25) is 5.91 Å². The first kappa shape index (κ1) is 16.7. The second-order valence-electron chi connectivity index (χ2n) is 4.89. The first-order chi connectivity index (χ1) is 7.75. The maximum absolute atomic E-state index is 12.0. The standard InChI is InChI=1S/C13H26N2O.ClH/c1-3-6-13(7-5-8-13)12(16)15-11-10-14-9-4-2;/h14H,3-11H2,1-2H3,(H,15,16);1H. The number of rotatable bonds is 8. The van der Waals surface area contributed by atoms with Crippen molar-refractivity contribution in [3.05, 3.63) is 0 Å². The lowest BCUT2D eigenvalue weighted by Gasteiger charge is -2.40. The minimum atomic E-state index is -0.000490. The molecule has 102 valence electrons. The molecular formula is C13H27ClN2O. The molecule has 1 rings (SSSR count). The molecule has 0 atom stereocenters. The van der Waals surface area contributed by atoms with Crippen LogP contribution in [0.15, 0.2) is 0 Å². The SMILES string of the molecule is CCCNCCNC(=O)C1(CCC)CCC1.Cl. The molecule has 0 radical (unpaired) electrons. The van der Waals surface area contributed by atoms with Crippen LogP contribution in [0.2, 0.25) is 0 Å². The first-order valence-electron chi connectivity index (χ1n) is 6.74. The van der Waals surface area contributed by atoms with E-state index in [9.17, 15) is 4.79 Å². The molecule has 4 heteroatoms. The maximum atomic E-state index is 12.0. The lowest BCUT2D eigenvalue weighted by molar-refractivity contribution is -0.136. The molecule has 0 unspecified atom stereocenters. The van der Waals surface area contributed by atoms with Crippen molar-refractivity contribution in [2.45, 2.75) is 52.4 Å². The van der Waals surface area contributed by atoms with Crippen molar-refractivity contribution in [1.82, 2.24) is 10.6 Å². The van der Waals surface area contributed by atoms with Crippen LogP contribution in [-0.2, 0) is 4.79 Å². The van der Waals surface area contributed by atoms with Crippen LogP contribution < -0.4 is 10.6 Å². The van der Waals surface area contributed by atoms with E-state index in [0.29, 0.717) is 5.91 Å². The second kappa shape index (κ2) is 8.76. The van der Waals surface area contributed by atoms with Gasteiger partial charge >= 0.3 is 0 Å². The Morgan fingerprint density at radius 2 is 1.82 bits per heavy atom. The third kappa shape index (κ3) is 4.84. The maximum Gasteiger partial charge on any atom is 0.226 e. The van der Waals surface area contributed by atoms with Gasteiger partial charge in [-0.15, -0.1) is 12.4 Å². The molecule has 1 aliphatic carbocycles. The highest BCUT2D eigenvalue weighted by Crippen LogP contribution is 2.44. The minimum Gasteiger partial charge on any atom is -0.354 e. The van der Waals surface area contributed by atoms with Crippen LogP contribution in [0.4, 0.5) is 0 Å². The van der Waals surface area contributed by atoms with E-state index in [2.05, 4.69) is 24.5 Å². The van der Waals surface area contributed by atoms with Gasteiger partial charge in [0.15, 0.2) is 0 Å². The van der Waals surface area contributed by atoms with Gasteiger partial charge in [0, 0.05) is 18.5 Å². The van der Waals surface area contributed by atoms with Gasteiger partial charge in [-0.25, -0.2) is 0 Å². The van der Waals surface area contributed by atoms with E-state index < -0.39 is 0 Å². The molecule has 2 N–H and O–H groups in total. The minimum absolute atomic E-state index is 0. The molecule has 0 bridgehead atoms. The average Bonchev–Trinajstić information content (AvgIpc) is 2.23. The van der Waals surface area contributed by atoms with Gasteiger partial charge in [-0.05, 0) is 32.2 Å². The summed E-state index contributed by atoms with van der Waals surface area (Å²) in [5, 5.41) is 6.36. The highest BCUT2D eigenvalue weighted by Gasteiger charge is 2.42. The molecule has 0 aromatic heterocycles. The molecule has 1 amide bonds. The quantitative estimate of drug-likeness (QED) is 0.660. The summed E-state index contributed by atoms with van der Waals surface area (Å²) in [6.45, 7) is 7.01. The Morgan fingerprint density at radius 1 is 1.12 bits per heavy atom. The number of carbonyl (C=O) groups excluding carboxylic acids is 1. The Bertz CT molecular complexity index is 217. The molecule has 0 aliphatic heterocycles. The molecule has 1 fully saturated rings. The van der Waals surface area contributed by atoms with Crippen molar-refractivity contribution in [3.8, 4) is 0 Å². The fourth-order valence-electron chi connectivity index (χ4n) is 2.43. The fraction of sp³-hybridized carbons (Fsp3) is 0.923. The molecule has 0 aromatic rings. The monoisotopic (exact) mass is 262 g/mol. The van der Waals surface area contributed by atoms with E-state index in [1.807, 2.05) is 0 Å². The predicted octanol–water partition coefficient (Wildman–Crippen LogP) is 2.49. The zero-order valence-corrected chi connectivity index (χ0v) is 12.0. The van der Waals surface area contributed by atoms with Crippen LogP contribution >= 0.6 is 12.4 Å². The van der Waals surface area contributed by atoms with Crippen molar-refractivity contribution in [3.63, 3.8) is 0 Å². The molecular weight excluding hydrogens is 236 g/mol. The Kier molecular flexibility index (Phi) is 8.61. The summed E-state index contributed by atoms with van der Waals surface area (Å²) in [4.78, 5) is 12.0. The molecule has 17 heavy (non-hydrogen) atoms. The largest absolute Gasteiger partial charge is 0.354 e. The lowest BCUT2D eigenvalue weighted by Crippen LogP contribution is -2.47. The van der Waals surface area contributed by atoms with Crippen LogP contribution in [0.3, 0.4) is 0 Å². The number of hydrogen-bond donors (Lipinski definition) is 2. The van der Waals surface area contributed by atoms with Crippen LogP contribution in [0.5, 0.6) is 0 Å². The Hall–Kier alpha value is -0.280. The zero-order valence-electron chi connectivity index (χ0n) is 11.2. The van der Waals surface area contributed by atoms with Crippen LogP contribution in [0.1, 0.15) is 52.4 Å². The average molecular weight is 263 g/mol. The van der Waals surface area contributed by atoms with Gasteiger partial charge in [-0.1, -0.05) is 26.7 Å². The van der Waals surface area contributed by atoms with Crippen molar-refractivity contribution < 1.29 is 4.79 Å². The number of nitrogens with one attached hydrogen (secondary N) is 2. The number of hydrogen-bond acceptors (Lipinski definition) is 2. The Balaban J connectivity index is 0.00000256. The summed E-state index contributed by atoms with van der Waals surface area (Å²) in [5.74, 6) is 0.291. The first-order valence-corrected chi connectivity index (χ1v) is 6.74.